The third-order valence-electron chi connectivity index (χ3n) is 2.89. The van der Waals surface area contributed by atoms with Gasteiger partial charge in [-0.05, 0) is 18.2 Å². The van der Waals surface area contributed by atoms with E-state index in [1.807, 2.05) is 0 Å². The Morgan fingerprint density at radius 2 is 2.10 bits per heavy atom. The fourth-order valence-corrected chi connectivity index (χ4v) is 1.93. The van der Waals surface area contributed by atoms with Crippen LogP contribution in [-0.2, 0) is 14.4 Å². The standard InChI is InChI=1S/C13H14FN3O3/c1-7(18)16-9-2-3-10(14)11(5-9)17-13(20)8-4-12(19)15-6-8/h2-3,5,8H,4,6H2,1H3,(H,15,19)(H,16,18)(H,17,20). The van der Waals surface area contributed by atoms with E-state index in [1.165, 1.54) is 19.1 Å². The molecule has 0 aliphatic carbocycles. The summed E-state index contributed by atoms with van der Waals surface area (Å²) in [5, 5.41) is 7.47. The van der Waals surface area contributed by atoms with Gasteiger partial charge in [-0.2, -0.15) is 0 Å². The van der Waals surface area contributed by atoms with E-state index < -0.39 is 17.6 Å². The molecule has 1 aromatic rings. The van der Waals surface area contributed by atoms with Crippen LogP contribution in [0.3, 0.4) is 0 Å². The molecule has 1 fully saturated rings. The summed E-state index contributed by atoms with van der Waals surface area (Å²) >= 11 is 0. The molecule has 1 saturated heterocycles. The molecule has 0 bridgehead atoms. The first kappa shape index (κ1) is 14.0. The van der Waals surface area contributed by atoms with Gasteiger partial charge in [0.05, 0.1) is 11.6 Å². The van der Waals surface area contributed by atoms with E-state index >= 15 is 0 Å². The largest absolute Gasteiger partial charge is 0.355 e. The lowest BCUT2D eigenvalue weighted by Gasteiger charge is -2.11. The van der Waals surface area contributed by atoms with E-state index in [4.69, 9.17) is 0 Å². The summed E-state index contributed by atoms with van der Waals surface area (Å²) < 4.78 is 13.6. The van der Waals surface area contributed by atoms with Crippen LogP contribution >= 0.6 is 0 Å². The minimum absolute atomic E-state index is 0.0272. The van der Waals surface area contributed by atoms with Crippen molar-refractivity contribution in [2.75, 3.05) is 17.2 Å². The van der Waals surface area contributed by atoms with Crippen molar-refractivity contribution >= 4 is 29.1 Å². The number of amides is 3. The van der Waals surface area contributed by atoms with Crippen LogP contribution in [0.25, 0.3) is 0 Å². The molecule has 1 aliphatic heterocycles. The van der Waals surface area contributed by atoms with Crippen molar-refractivity contribution in [1.29, 1.82) is 0 Å². The van der Waals surface area contributed by atoms with Crippen LogP contribution in [0, 0.1) is 11.7 Å². The van der Waals surface area contributed by atoms with Gasteiger partial charge in [-0.1, -0.05) is 0 Å². The Labute approximate surface area is 114 Å². The number of benzene rings is 1. The molecular weight excluding hydrogens is 265 g/mol. The number of hydrogen-bond donors (Lipinski definition) is 3. The topological polar surface area (TPSA) is 87.3 Å². The van der Waals surface area contributed by atoms with E-state index in [-0.39, 0.29) is 30.5 Å². The molecule has 1 unspecified atom stereocenters. The van der Waals surface area contributed by atoms with Crippen molar-refractivity contribution in [1.82, 2.24) is 5.32 Å². The van der Waals surface area contributed by atoms with Crippen LogP contribution in [0.2, 0.25) is 0 Å². The molecule has 0 aromatic heterocycles. The molecule has 3 N–H and O–H groups in total. The molecule has 1 heterocycles. The molecule has 6 nitrogen and oxygen atoms in total. The second-order valence-electron chi connectivity index (χ2n) is 4.57. The van der Waals surface area contributed by atoms with Gasteiger partial charge in [0.2, 0.25) is 17.7 Å². The summed E-state index contributed by atoms with van der Waals surface area (Å²) in [5.74, 6) is -2.03. The zero-order chi connectivity index (χ0) is 14.7. The number of carbonyl (C=O) groups excluding carboxylic acids is 3. The molecule has 1 aromatic carbocycles. The predicted octanol–water partition coefficient (Wildman–Crippen LogP) is 0.859. The third kappa shape index (κ3) is 3.31. The van der Waals surface area contributed by atoms with Gasteiger partial charge in [-0.25, -0.2) is 4.39 Å². The summed E-state index contributed by atoms with van der Waals surface area (Å²) in [4.78, 5) is 33.9. The van der Waals surface area contributed by atoms with Gasteiger partial charge in [-0.3, -0.25) is 14.4 Å². The Kier molecular flexibility index (Phi) is 3.97. The van der Waals surface area contributed by atoms with E-state index in [2.05, 4.69) is 16.0 Å². The van der Waals surface area contributed by atoms with Gasteiger partial charge < -0.3 is 16.0 Å². The van der Waals surface area contributed by atoms with Crippen LogP contribution in [0.15, 0.2) is 18.2 Å². The normalized spacial score (nSPS) is 17.5. The van der Waals surface area contributed by atoms with Gasteiger partial charge >= 0.3 is 0 Å². The van der Waals surface area contributed by atoms with Gasteiger partial charge in [0.25, 0.3) is 0 Å². The number of hydrogen-bond acceptors (Lipinski definition) is 3. The number of nitrogens with one attached hydrogen (secondary N) is 3. The fourth-order valence-electron chi connectivity index (χ4n) is 1.93. The van der Waals surface area contributed by atoms with Gasteiger partial charge in [0.15, 0.2) is 0 Å². The van der Waals surface area contributed by atoms with Crippen LogP contribution in [0.1, 0.15) is 13.3 Å². The average molecular weight is 279 g/mol. The second kappa shape index (κ2) is 5.68. The van der Waals surface area contributed by atoms with Crippen molar-refractivity contribution < 1.29 is 18.8 Å². The monoisotopic (exact) mass is 279 g/mol. The van der Waals surface area contributed by atoms with Crippen molar-refractivity contribution in [2.24, 2.45) is 5.92 Å². The van der Waals surface area contributed by atoms with Gasteiger partial charge in [0, 0.05) is 25.6 Å². The molecular formula is C13H14FN3O3. The van der Waals surface area contributed by atoms with E-state index in [1.54, 1.807) is 0 Å². The molecule has 2 rings (SSSR count). The lowest BCUT2D eigenvalue weighted by Crippen LogP contribution is -2.25. The maximum atomic E-state index is 13.6. The first-order valence-electron chi connectivity index (χ1n) is 6.10. The first-order valence-corrected chi connectivity index (χ1v) is 6.10. The van der Waals surface area contributed by atoms with Crippen molar-refractivity contribution in [3.8, 4) is 0 Å². The maximum absolute atomic E-state index is 13.6. The third-order valence-corrected chi connectivity index (χ3v) is 2.89. The Bertz CT molecular complexity index is 574. The molecule has 106 valence electrons. The molecule has 20 heavy (non-hydrogen) atoms. The van der Waals surface area contributed by atoms with E-state index in [9.17, 15) is 18.8 Å². The Balaban J connectivity index is 2.09. The average Bonchev–Trinajstić information content (AvgIpc) is 2.79. The molecule has 7 heteroatoms. The highest BCUT2D eigenvalue weighted by molar-refractivity contribution is 5.98. The lowest BCUT2D eigenvalue weighted by molar-refractivity contribution is -0.123. The highest BCUT2D eigenvalue weighted by Gasteiger charge is 2.28. The smallest absolute Gasteiger partial charge is 0.229 e. The number of anilines is 2. The van der Waals surface area contributed by atoms with Gasteiger partial charge in [-0.15, -0.1) is 0 Å². The lowest BCUT2D eigenvalue weighted by atomic mass is 10.1. The van der Waals surface area contributed by atoms with E-state index in [0.29, 0.717) is 5.69 Å². The quantitative estimate of drug-likeness (QED) is 0.767. The maximum Gasteiger partial charge on any atom is 0.229 e. The summed E-state index contributed by atoms with van der Waals surface area (Å²) in [5.41, 5.74) is 0.357. The number of rotatable bonds is 3. The molecule has 0 radical (unpaired) electrons. The van der Waals surface area contributed by atoms with Crippen molar-refractivity contribution in [3.05, 3.63) is 24.0 Å². The van der Waals surface area contributed by atoms with Crippen LogP contribution in [-0.4, -0.2) is 24.3 Å². The van der Waals surface area contributed by atoms with Crippen LogP contribution in [0.4, 0.5) is 15.8 Å². The zero-order valence-electron chi connectivity index (χ0n) is 10.8. The predicted molar refractivity (Wildman–Crippen MR) is 70.5 cm³/mol. The second-order valence-corrected chi connectivity index (χ2v) is 4.57. The summed E-state index contributed by atoms with van der Waals surface area (Å²) in [6, 6.07) is 3.88. The molecule has 1 aliphatic rings. The minimum Gasteiger partial charge on any atom is -0.355 e. The Morgan fingerprint density at radius 3 is 2.70 bits per heavy atom. The summed E-state index contributed by atoms with van der Waals surface area (Å²) in [7, 11) is 0. The van der Waals surface area contributed by atoms with Crippen LogP contribution < -0.4 is 16.0 Å². The molecule has 0 saturated carbocycles. The summed E-state index contributed by atoms with van der Waals surface area (Å²) in [6.45, 7) is 1.58. The Morgan fingerprint density at radius 1 is 1.35 bits per heavy atom. The first-order chi connectivity index (χ1) is 9.45. The summed E-state index contributed by atoms with van der Waals surface area (Å²) in [6.07, 6.45) is 0.0961. The van der Waals surface area contributed by atoms with Crippen molar-refractivity contribution in [2.45, 2.75) is 13.3 Å². The highest BCUT2D eigenvalue weighted by Crippen LogP contribution is 2.21. The SMILES string of the molecule is CC(=O)Nc1ccc(F)c(NC(=O)C2CNC(=O)C2)c1. The van der Waals surface area contributed by atoms with Gasteiger partial charge in [0.1, 0.15) is 5.82 Å². The molecule has 3 amide bonds. The van der Waals surface area contributed by atoms with Crippen LogP contribution in [0.5, 0.6) is 0 Å². The molecule has 1 atom stereocenters. The highest BCUT2D eigenvalue weighted by atomic mass is 19.1. The molecule has 0 spiro atoms. The Hall–Kier alpha value is -2.44. The zero-order valence-corrected chi connectivity index (χ0v) is 10.8. The van der Waals surface area contributed by atoms with Crippen molar-refractivity contribution in [3.63, 3.8) is 0 Å². The number of halogens is 1. The minimum atomic E-state index is -0.607. The number of carbonyl (C=O) groups is 3. The van der Waals surface area contributed by atoms with E-state index in [0.717, 1.165) is 6.07 Å². The fraction of sp³-hybridized carbons (Fsp3) is 0.308.